The van der Waals surface area contributed by atoms with Crippen LogP contribution < -0.4 is 15.8 Å². The first-order valence-corrected chi connectivity index (χ1v) is 8.30. The zero-order valence-electron chi connectivity index (χ0n) is 14.9. The number of aromatic nitrogens is 2. The quantitative estimate of drug-likeness (QED) is 0.692. The fourth-order valence-corrected chi connectivity index (χ4v) is 2.65. The van der Waals surface area contributed by atoms with E-state index in [0.29, 0.717) is 22.2 Å². The van der Waals surface area contributed by atoms with Crippen LogP contribution in [0.5, 0.6) is 5.75 Å². The Labute approximate surface area is 154 Å². The molecule has 0 radical (unpaired) electrons. The van der Waals surface area contributed by atoms with Crippen molar-refractivity contribution in [2.75, 3.05) is 0 Å². The summed E-state index contributed by atoms with van der Waals surface area (Å²) in [4.78, 5) is 23.7. The standard InChI is InChI=1S/C19H19FN4O3/c1-11(18(21)25)22-19(26)17-14-9-13(7-8-16(14)23-24(17)2)27-10-12-5-3-4-6-15(12)20/h3-9,11H,10H2,1-2H3,(H2,21,25)(H,22,26)/t11-/m0/s1. The highest BCUT2D eigenvalue weighted by Crippen LogP contribution is 2.24. The molecule has 1 aromatic heterocycles. The Hall–Kier alpha value is -3.42. The van der Waals surface area contributed by atoms with Gasteiger partial charge in [0.05, 0.1) is 5.52 Å². The van der Waals surface area contributed by atoms with Gasteiger partial charge >= 0.3 is 0 Å². The topological polar surface area (TPSA) is 99.2 Å². The molecule has 0 aliphatic heterocycles. The van der Waals surface area contributed by atoms with Crippen molar-refractivity contribution in [2.45, 2.75) is 19.6 Å². The van der Waals surface area contributed by atoms with Crippen LogP contribution in [0, 0.1) is 5.82 Å². The Morgan fingerprint density at radius 2 is 2.04 bits per heavy atom. The molecule has 0 bridgehead atoms. The molecule has 3 N–H and O–H groups in total. The van der Waals surface area contributed by atoms with E-state index in [4.69, 9.17) is 10.5 Å². The number of ether oxygens (including phenoxy) is 1. The van der Waals surface area contributed by atoms with Gasteiger partial charge in [-0.25, -0.2) is 4.39 Å². The van der Waals surface area contributed by atoms with Crippen molar-refractivity contribution < 1.29 is 18.7 Å². The number of nitrogens with two attached hydrogens (primary N) is 1. The highest BCUT2D eigenvalue weighted by molar-refractivity contribution is 6.06. The van der Waals surface area contributed by atoms with E-state index in [-0.39, 0.29) is 18.1 Å². The molecule has 27 heavy (non-hydrogen) atoms. The number of hydrogen-bond acceptors (Lipinski definition) is 4. The molecule has 0 aliphatic rings. The summed E-state index contributed by atoms with van der Waals surface area (Å²) >= 11 is 0. The minimum atomic E-state index is -0.817. The number of fused-ring (bicyclic) bond motifs is 1. The molecule has 3 rings (SSSR count). The molecule has 0 saturated heterocycles. The Balaban J connectivity index is 1.87. The molecule has 7 nitrogen and oxygen atoms in total. The number of benzene rings is 2. The summed E-state index contributed by atoms with van der Waals surface area (Å²) in [7, 11) is 1.63. The maximum atomic E-state index is 13.7. The molecule has 0 fully saturated rings. The Morgan fingerprint density at radius 3 is 2.74 bits per heavy atom. The molecule has 0 saturated carbocycles. The minimum Gasteiger partial charge on any atom is -0.489 e. The summed E-state index contributed by atoms with van der Waals surface area (Å²) in [5.41, 5.74) is 6.48. The van der Waals surface area contributed by atoms with Crippen LogP contribution in [0.15, 0.2) is 42.5 Å². The molecule has 140 valence electrons. The van der Waals surface area contributed by atoms with E-state index in [1.807, 2.05) is 0 Å². The predicted molar refractivity (Wildman–Crippen MR) is 97.6 cm³/mol. The van der Waals surface area contributed by atoms with Gasteiger partial charge in [0.25, 0.3) is 5.91 Å². The predicted octanol–water partition coefficient (Wildman–Crippen LogP) is 1.89. The van der Waals surface area contributed by atoms with Crippen LogP contribution >= 0.6 is 0 Å². The van der Waals surface area contributed by atoms with Crippen molar-refractivity contribution in [3.05, 3.63) is 59.5 Å². The molecule has 8 heteroatoms. The monoisotopic (exact) mass is 370 g/mol. The first-order valence-electron chi connectivity index (χ1n) is 8.30. The van der Waals surface area contributed by atoms with Gasteiger partial charge in [0.1, 0.15) is 29.9 Å². The van der Waals surface area contributed by atoms with Gasteiger partial charge in [-0.3, -0.25) is 14.3 Å². The van der Waals surface area contributed by atoms with Gasteiger partial charge in [0.15, 0.2) is 0 Å². The third kappa shape index (κ3) is 3.89. The van der Waals surface area contributed by atoms with Crippen LogP contribution in [0.25, 0.3) is 10.9 Å². The van der Waals surface area contributed by atoms with E-state index < -0.39 is 17.9 Å². The maximum absolute atomic E-state index is 13.7. The Kier molecular flexibility index (Phi) is 5.07. The smallest absolute Gasteiger partial charge is 0.270 e. The Morgan fingerprint density at radius 1 is 1.30 bits per heavy atom. The highest BCUT2D eigenvalue weighted by Gasteiger charge is 2.20. The van der Waals surface area contributed by atoms with Gasteiger partial charge in [0, 0.05) is 18.0 Å². The third-order valence-corrected chi connectivity index (χ3v) is 4.15. The van der Waals surface area contributed by atoms with E-state index in [1.165, 1.54) is 17.7 Å². The maximum Gasteiger partial charge on any atom is 0.270 e. The summed E-state index contributed by atoms with van der Waals surface area (Å²) in [6.07, 6.45) is 0. The van der Waals surface area contributed by atoms with E-state index >= 15 is 0 Å². The number of carbonyl (C=O) groups excluding carboxylic acids is 2. The summed E-state index contributed by atoms with van der Waals surface area (Å²) in [5.74, 6) is -0.988. The number of nitrogens with zero attached hydrogens (tertiary/aromatic N) is 2. The van der Waals surface area contributed by atoms with Crippen LogP contribution in [0.1, 0.15) is 23.0 Å². The summed E-state index contributed by atoms with van der Waals surface area (Å²) < 4.78 is 20.8. The van der Waals surface area contributed by atoms with Crippen molar-refractivity contribution in [2.24, 2.45) is 12.8 Å². The van der Waals surface area contributed by atoms with Crippen LogP contribution in [0.2, 0.25) is 0 Å². The first kappa shape index (κ1) is 18.4. The fraction of sp³-hybridized carbons (Fsp3) is 0.211. The van der Waals surface area contributed by atoms with Gasteiger partial charge < -0.3 is 15.8 Å². The van der Waals surface area contributed by atoms with Crippen LogP contribution in [-0.2, 0) is 18.4 Å². The Bertz CT molecular complexity index is 1020. The fourth-order valence-electron chi connectivity index (χ4n) is 2.65. The van der Waals surface area contributed by atoms with Crippen molar-refractivity contribution in [3.63, 3.8) is 0 Å². The van der Waals surface area contributed by atoms with Gasteiger partial charge in [-0.15, -0.1) is 0 Å². The van der Waals surface area contributed by atoms with Gasteiger partial charge in [-0.1, -0.05) is 18.2 Å². The number of halogens is 1. The summed E-state index contributed by atoms with van der Waals surface area (Å²) in [6.45, 7) is 1.56. The van der Waals surface area contributed by atoms with Crippen LogP contribution in [0.3, 0.4) is 0 Å². The average Bonchev–Trinajstić information content (AvgIpc) is 2.96. The number of rotatable bonds is 6. The van der Waals surface area contributed by atoms with Crippen molar-refractivity contribution in [3.8, 4) is 5.75 Å². The molecule has 2 amide bonds. The number of hydrogen-bond donors (Lipinski definition) is 2. The number of carbonyl (C=O) groups is 2. The number of primary amides is 1. The number of nitrogens with one attached hydrogen (secondary N) is 1. The second-order valence-corrected chi connectivity index (χ2v) is 6.13. The highest BCUT2D eigenvalue weighted by atomic mass is 19.1. The lowest BCUT2D eigenvalue weighted by atomic mass is 10.1. The second-order valence-electron chi connectivity index (χ2n) is 6.13. The number of amides is 2. The van der Waals surface area contributed by atoms with Gasteiger partial charge in [-0.05, 0) is 31.2 Å². The number of aryl methyl sites for hydroxylation is 1. The first-order chi connectivity index (χ1) is 12.9. The third-order valence-electron chi connectivity index (χ3n) is 4.15. The lowest BCUT2D eigenvalue weighted by molar-refractivity contribution is -0.119. The average molecular weight is 370 g/mol. The zero-order valence-corrected chi connectivity index (χ0v) is 14.9. The van der Waals surface area contributed by atoms with E-state index in [2.05, 4.69) is 10.4 Å². The lowest BCUT2D eigenvalue weighted by Gasteiger charge is -2.11. The molecule has 0 unspecified atom stereocenters. The molecule has 0 spiro atoms. The van der Waals surface area contributed by atoms with E-state index in [9.17, 15) is 14.0 Å². The van der Waals surface area contributed by atoms with Gasteiger partial charge in [-0.2, -0.15) is 5.10 Å². The van der Waals surface area contributed by atoms with Gasteiger partial charge in [0.2, 0.25) is 5.91 Å². The molecular weight excluding hydrogens is 351 g/mol. The molecule has 1 heterocycles. The molecule has 2 aromatic carbocycles. The molecule has 1 atom stereocenters. The van der Waals surface area contributed by atoms with Crippen LogP contribution in [-0.4, -0.2) is 27.6 Å². The zero-order chi connectivity index (χ0) is 19.6. The largest absolute Gasteiger partial charge is 0.489 e. The molecule has 3 aromatic rings. The van der Waals surface area contributed by atoms with Crippen molar-refractivity contribution in [1.29, 1.82) is 0 Å². The summed E-state index contributed by atoms with van der Waals surface area (Å²) in [5, 5.41) is 7.37. The van der Waals surface area contributed by atoms with Crippen molar-refractivity contribution >= 4 is 22.7 Å². The van der Waals surface area contributed by atoms with E-state index in [1.54, 1.807) is 43.4 Å². The van der Waals surface area contributed by atoms with Crippen molar-refractivity contribution in [1.82, 2.24) is 15.1 Å². The second kappa shape index (κ2) is 7.45. The molecule has 0 aliphatic carbocycles. The normalized spacial score (nSPS) is 12.0. The lowest BCUT2D eigenvalue weighted by Crippen LogP contribution is -2.42. The van der Waals surface area contributed by atoms with Crippen LogP contribution in [0.4, 0.5) is 4.39 Å². The summed E-state index contributed by atoms with van der Waals surface area (Å²) in [6, 6.07) is 10.6. The SMILES string of the molecule is C[C@H](NC(=O)c1c2cc(OCc3ccccc3F)ccc2nn1C)C(N)=O. The van der Waals surface area contributed by atoms with E-state index in [0.717, 1.165) is 0 Å². The minimum absolute atomic E-state index is 0.0542. The molecular formula is C19H19FN4O3.